The zero-order chi connectivity index (χ0) is 39.7. The maximum absolute atomic E-state index is 2.46. The Morgan fingerprint density at radius 2 is 0.700 bits per heavy atom. The van der Waals surface area contributed by atoms with Crippen molar-refractivity contribution in [3.8, 4) is 39.3 Å². The standard InChI is InChI=1S/C57H39N3/c1-57(2)49-20-10-6-16-41(49)42-28-26-40(35-50(42)57)60-53-23-13-9-19-45(53)48-34-39(27-31-56(48)60)59-52-22-12-8-18-44(52)47-33-37(25-30-55(47)59)36-24-29-54-46(32-36)43-17-7-11-21-51(43)58(54)38-14-4-3-5-15-38/h3-35H,1-2H3. The Labute approximate surface area is 347 Å². The van der Waals surface area contributed by atoms with E-state index in [4.69, 9.17) is 0 Å². The topological polar surface area (TPSA) is 14.8 Å². The van der Waals surface area contributed by atoms with Gasteiger partial charge in [0.05, 0.1) is 33.1 Å². The third-order valence-electron chi connectivity index (χ3n) is 13.4. The van der Waals surface area contributed by atoms with Gasteiger partial charge in [-0.3, -0.25) is 0 Å². The van der Waals surface area contributed by atoms with Crippen molar-refractivity contribution in [3.63, 3.8) is 0 Å². The largest absolute Gasteiger partial charge is 0.309 e. The molecule has 13 rings (SSSR count). The van der Waals surface area contributed by atoms with Gasteiger partial charge in [-0.15, -0.1) is 0 Å². The van der Waals surface area contributed by atoms with Crippen LogP contribution in [-0.4, -0.2) is 13.7 Å². The van der Waals surface area contributed by atoms with Crippen LogP contribution < -0.4 is 0 Å². The van der Waals surface area contributed by atoms with E-state index in [2.05, 4.69) is 228 Å². The van der Waals surface area contributed by atoms with Crippen LogP contribution in [-0.2, 0) is 5.41 Å². The third-order valence-corrected chi connectivity index (χ3v) is 13.4. The van der Waals surface area contributed by atoms with Crippen LogP contribution in [0.4, 0.5) is 0 Å². The number of rotatable bonds is 4. The molecule has 0 saturated heterocycles. The van der Waals surface area contributed by atoms with Gasteiger partial charge in [-0.1, -0.05) is 129 Å². The van der Waals surface area contributed by atoms with Crippen molar-refractivity contribution >= 4 is 65.4 Å². The van der Waals surface area contributed by atoms with Crippen molar-refractivity contribution in [1.82, 2.24) is 13.7 Å². The lowest BCUT2D eigenvalue weighted by Gasteiger charge is -2.22. The zero-order valence-electron chi connectivity index (χ0n) is 33.4. The summed E-state index contributed by atoms with van der Waals surface area (Å²) in [5.74, 6) is 0. The van der Waals surface area contributed by atoms with Crippen LogP contribution in [0.15, 0.2) is 200 Å². The summed E-state index contributed by atoms with van der Waals surface area (Å²) in [6, 6.07) is 74.1. The summed E-state index contributed by atoms with van der Waals surface area (Å²) in [6.45, 7) is 4.72. The van der Waals surface area contributed by atoms with Crippen molar-refractivity contribution < 1.29 is 0 Å². The first kappa shape index (κ1) is 33.4. The zero-order valence-corrected chi connectivity index (χ0v) is 33.4. The fourth-order valence-corrected chi connectivity index (χ4v) is 10.6. The van der Waals surface area contributed by atoms with Crippen LogP contribution in [0.2, 0.25) is 0 Å². The average molecular weight is 766 g/mol. The molecule has 0 amide bonds. The van der Waals surface area contributed by atoms with Crippen LogP contribution in [0.1, 0.15) is 25.0 Å². The van der Waals surface area contributed by atoms with Gasteiger partial charge >= 0.3 is 0 Å². The first-order valence-electron chi connectivity index (χ1n) is 20.9. The fourth-order valence-electron chi connectivity index (χ4n) is 10.6. The van der Waals surface area contributed by atoms with Gasteiger partial charge in [0.15, 0.2) is 0 Å². The monoisotopic (exact) mass is 765 g/mol. The summed E-state index contributed by atoms with van der Waals surface area (Å²) in [4.78, 5) is 0. The highest BCUT2D eigenvalue weighted by Gasteiger charge is 2.35. The highest BCUT2D eigenvalue weighted by atomic mass is 15.0. The molecule has 282 valence electrons. The molecule has 3 nitrogen and oxygen atoms in total. The number of para-hydroxylation sites is 4. The van der Waals surface area contributed by atoms with E-state index < -0.39 is 0 Å². The quantitative estimate of drug-likeness (QED) is 0.169. The lowest BCUT2D eigenvalue weighted by molar-refractivity contribution is 0.660. The molecule has 60 heavy (non-hydrogen) atoms. The van der Waals surface area contributed by atoms with Crippen LogP contribution in [0.5, 0.6) is 0 Å². The van der Waals surface area contributed by atoms with E-state index in [1.54, 1.807) is 0 Å². The van der Waals surface area contributed by atoms with E-state index in [9.17, 15) is 0 Å². The summed E-state index contributed by atoms with van der Waals surface area (Å²) < 4.78 is 7.29. The third kappa shape index (κ3) is 4.55. The van der Waals surface area contributed by atoms with Crippen molar-refractivity contribution in [2.45, 2.75) is 19.3 Å². The highest BCUT2D eigenvalue weighted by molar-refractivity contribution is 6.14. The number of hydrogen-bond acceptors (Lipinski definition) is 0. The molecule has 0 unspecified atom stereocenters. The minimum atomic E-state index is -0.0696. The lowest BCUT2D eigenvalue weighted by atomic mass is 9.82. The van der Waals surface area contributed by atoms with Gasteiger partial charge in [-0.25, -0.2) is 0 Å². The molecule has 0 saturated carbocycles. The maximum atomic E-state index is 2.46. The second-order valence-corrected chi connectivity index (χ2v) is 17.0. The smallest absolute Gasteiger partial charge is 0.0542 e. The average Bonchev–Trinajstić information content (AvgIpc) is 3.99. The molecule has 3 heteroatoms. The lowest BCUT2D eigenvalue weighted by Crippen LogP contribution is -2.15. The van der Waals surface area contributed by atoms with Gasteiger partial charge in [0.25, 0.3) is 0 Å². The van der Waals surface area contributed by atoms with Crippen LogP contribution >= 0.6 is 0 Å². The Kier molecular flexibility index (Phi) is 6.78. The van der Waals surface area contributed by atoms with Crippen molar-refractivity contribution in [2.75, 3.05) is 0 Å². The molecule has 0 fully saturated rings. The van der Waals surface area contributed by atoms with E-state index >= 15 is 0 Å². The molecule has 3 aromatic heterocycles. The second kappa shape index (κ2) is 12.2. The van der Waals surface area contributed by atoms with E-state index in [-0.39, 0.29) is 5.41 Å². The van der Waals surface area contributed by atoms with Gasteiger partial charge in [0.1, 0.15) is 0 Å². The van der Waals surface area contributed by atoms with Gasteiger partial charge in [-0.05, 0) is 118 Å². The predicted molar refractivity (Wildman–Crippen MR) is 252 cm³/mol. The summed E-state index contributed by atoms with van der Waals surface area (Å²) in [5, 5.41) is 7.52. The van der Waals surface area contributed by atoms with Gasteiger partial charge in [0, 0.05) is 54.8 Å². The van der Waals surface area contributed by atoms with Crippen molar-refractivity contribution in [3.05, 3.63) is 211 Å². The van der Waals surface area contributed by atoms with Crippen molar-refractivity contribution in [2.24, 2.45) is 0 Å². The van der Waals surface area contributed by atoms with Gasteiger partial charge in [-0.2, -0.15) is 0 Å². The Hall–Kier alpha value is -7.62. The van der Waals surface area contributed by atoms with Crippen LogP contribution in [0.25, 0.3) is 105 Å². The van der Waals surface area contributed by atoms with Crippen LogP contribution in [0.3, 0.4) is 0 Å². The fraction of sp³-hybridized carbons (Fsp3) is 0.0526. The summed E-state index contributed by atoms with van der Waals surface area (Å²) in [6.07, 6.45) is 0. The highest BCUT2D eigenvalue weighted by Crippen LogP contribution is 2.49. The van der Waals surface area contributed by atoms with Gasteiger partial charge in [0.2, 0.25) is 0 Å². The van der Waals surface area contributed by atoms with Crippen LogP contribution in [0, 0.1) is 0 Å². The van der Waals surface area contributed by atoms with E-state index in [1.165, 1.54) is 110 Å². The number of benzene rings is 9. The minimum Gasteiger partial charge on any atom is -0.309 e. The predicted octanol–water partition coefficient (Wildman–Crippen LogP) is 15.0. The van der Waals surface area contributed by atoms with E-state index in [0.717, 1.165) is 5.69 Å². The first-order chi connectivity index (χ1) is 29.5. The molecular formula is C57H39N3. The molecule has 0 atom stereocenters. The molecule has 1 aliphatic rings. The maximum Gasteiger partial charge on any atom is 0.0542 e. The van der Waals surface area contributed by atoms with Crippen molar-refractivity contribution in [1.29, 1.82) is 0 Å². The Morgan fingerprint density at radius 1 is 0.283 bits per heavy atom. The SMILES string of the molecule is CC1(C)c2ccccc2-c2ccc(-n3c4ccccc4c4cc(-n5c6ccccc6c6cc(-c7ccc8c(c7)c7ccccc7n8-c7ccccc7)ccc65)ccc43)cc21. The summed E-state index contributed by atoms with van der Waals surface area (Å²) in [7, 11) is 0. The Morgan fingerprint density at radius 3 is 1.30 bits per heavy atom. The molecular weight excluding hydrogens is 727 g/mol. The van der Waals surface area contributed by atoms with Gasteiger partial charge < -0.3 is 13.7 Å². The number of aromatic nitrogens is 3. The molecule has 0 N–H and O–H groups in total. The molecule has 0 aliphatic heterocycles. The molecule has 0 bridgehead atoms. The molecule has 3 heterocycles. The molecule has 0 radical (unpaired) electrons. The first-order valence-corrected chi connectivity index (χ1v) is 20.9. The number of fused-ring (bicyclic) bond motifs is 12. The molecule has 0 spiro atoms. The summed E-state index contributed by atoms with van der Waals surface area (Å²) >= 11 is 0. The molecule has 9 aromatic carbocycles. The van der Waals surface area contributed by atoms with E-state index in [1.807, 2.05) is 0 Å². The summed E-state index contributed by atoms with van der Waals surface area (Å²) in [5.41, 5.74) is 18.6. The normalized spacial score (nSPS) is 13.3. The second-order valence-electron chi connectivity index (χ2n) is 17.0. The molecule has 1 aliphatic carbocycles. The minimum absolute atomic E-state index is 0.0696. The number of hydrogen-bond donors (Lipinski definition) is 0. The Balaban J connectivity index is 0.965. The molecule has 12 aromatic rings. The number of nitrogens with zero attached hydrogens (tertiary/aromatic N) is 3. The van der Waals surface area contributed by atoms with E-state index in [0.29, 0.717) is 0 Å². The Bertz CT molecular complexity index is 3740.